The summed E-state index contributed by atoms with van der Waals surface area (Å²) < 4.78 is 7.16. The van der Waals surface area contributed by atoms with E-state index in [4.69, 9.17) is 1.37 Å². The Morgan fingerprint density at radius 1 is 0.909 bits per heavy atom. The number of hydrogen-bond donors (Lipinski definition) is 4. The maximum absolute atomic E-state index is 13.3. The van der Waals surface area contributed by atoms with Gasteiger partial charge in [0.05, 0.1) is 19.2 Å². The molecule has 0 rings (SSSR count). The van der Waals surface area contributed by atoms with Gasteiger partial charge in [-0.15, -0.1) is 0 Å². The highest BCUT2D eigenvalue weighted by Crippen LogP contribution is 2.44. The number of carbonyl (C=O) groups is 5. The lowest BCUT2D eigenvalue weighted by Gasteiger charge is -2.41. The van der Waals surface area contributed by atoms with Crippen LogP contribution in [0.3, 0.4) is 0 Å². The smallest absolute Gasteiger partial charge is 0.226 e. The minimum atomic E-state index is -1.23. The van der Waals surface area contributed by atoms with Gasteiger partial charge in [-0.25, -0.2) is 0 Å². The largest absolute Gasteiger partial charge is 0.392 e. The van der Waals surface area contributed by atoms with Gasteiger partial charge in [0, 0.05) is 24.2 Å². The Hall–Kier alpha value is -2.23. The monoisotopic (exact) mass is 468 g/mol. The van der Waals surface area contributed by atoms with Crippen molar-refractivity contribution in [1.29, 1.82) is 0 Å². The lowest BCUT2D eigenvalue weighted by atomic mass is 9.64. The molecule has 0 bridgehead atoms. The van der Waals surface area contributed by atoms with Crippen molar-refractivity contribution in [3.63, 3.8) is 0 Å². The summed E-state index contributed by atoms with van der Waals surface area (Å²) in [5.41, 5.74) is -3.29. The molecular weight excluding hydrogens is 425 g/mol. The summed E-state index contributed by atoms with van der Waals surface area (Å²) >= 11 is 0. The molecule has 0 saturated carbocycles. The molecule has 3 atom stereocenters. The Labute approximate surface area is 200 Å². The molecule has 0 aromatic heterocycles. The molecule has 0 radical (unpaired) electrons. The van der Waals surface area contributed by atoms with Gasteiger partial charge in [-0.05, 0) is 39.4 Å². The summed E-state index contributed by atoms with van der Waals surface area (Å²) in [6.45, 7) is 9.24. The van der Waals surface area contributed by atoms with Gasteiger partial charge >= 0.3 is 0 Å². The van der Waals surface area contributed by atoms with E-state index in [0.717, 1.165) is 0 Å². The molecule has 4 N–H and O–H groups in total. The summed E-state index contributed by atoms with van der Waals surface area (Å²) in [6.07, 6.45) is 0.0638. The average molecular weight is 468 g/mol. The normalized spacial score (nSPS) is 16.4. The minimum Gasteiger partial charge on any atom is -0.392 e. The van der Waals surface area contributed by atoms with Crippen molar-refractivity contribution in [2.75, 3.05) is 19.6 Å². The molecule has 0 saturated heterocycles. The maximum atomic E-state index is 13.3. The van der Waals surface area contributed by atoms with E-state index in [1.54, 1.807) is 42.5 Å². The van der Waals surface area contributed by atoms with Crippen LogP contribution in [0.15, 0.2) is 0 Å². The van der Waals surface area contributed by atoms with E-state index in [1.807, 2.05) is 6.92 Å². The fraction of sp³-hybridized carbons (Fsp3) is 0.783. The van der Waals surface area contributed by atoms with E-state index in [-0.39, 0.29) is 50.1 Å². The molecule has 188 valence electrons. The molecule has 0 heterocycles. The number of carbonyl (C=O) groups excluding carboxylic acids is 5. The molecule has 0 aromatic rings. The van der Waals surface area contributed by atoms with Crippen LogP contribution in [0.25, 0.3) is 0 Å². The van der Waals surface area contributed by atoms with E-state index in [9.17, 15) is 29.1 Å². The lowest BCUT2D eigenvalue weighted by Crippen LogP contribution is -2.51. The maximum Gasteiger partial charge on any atom is 0.226 e. The second kappa shape index (κ2) is 12.9. The Kier molecular flexibility index (Phi) is 11.2. The Bertz CT molecular complexity index is 761. The average Bonchev–Trinajstić information content (AvgIpc) is 2.77. The molecule has 0 spiro atoms. The predicted octanol–water partition coefficient (Wildman–Crippen LogP) is 0.154. The molecule has 3 amide bonds. The zero-order valence-corrected chi connectivity index (χ0v) is 21.2. The minimum absolute atomic E-state index is 0.0588. The van der Waals surface area contributed by atoms with Gasteiger partial charge in [0.1, 0.15) is 19.4 Å². The van der Waals surface area contributed by atoms with E-state index < -0.39 is 40.9 Å². The van der Waals surface area contributed by atoms with Crippen molar-refractivity contribution in [1.82, 2.24) is 16.0 Å². The van der Waals surface area contributed by atoms with Crippen molar-refractivity contribution < 1.29 is 30.4 Å². The first-order valence-electron chi connectivity index (χ1n) is 12.1. The molecule has 3 unspecified atom stereocenters. The van der Waals surface area contributed by atoms with Gasteiger partial charge in [-0.1, -0.05) is 34.6 Å². The number of rotatable bonds is 15. The highest BCUT2D eigenvalue weighted by Gasteiger charge is 2.47. The van der Waals surface area contributed by atoms with Crippen LogP contribution >= 0.6 is 0 Å². The summed E-state index contributed by atoms with van der Waals surface area (Å²) in [7, 11) is 1.71. The van der Waals surface area contributed by atoms with E-state index in [1.165, 1.54) is 0 Å². The molecule has 0 aromatic carbocycles. The number of amides is 3. The Balaban J connectivity index is 5.96. The lowest BCUT2D eigenvalue weighted by molar-refractivity contribution is -0.143. The molecule has 0 aliphatic carbocycles. The van der Waals surface area contributed by atoms with Crippen molar-refractivity contribution in [3.05, 3.63) is 0 Å². The van der Waals surface area contributed by atoms with E-state index in [2.05, 4.69) is 16.0 Å². The van der Waals surface area contributed by atoms with Crippen LogP contribution in [0.2, 0.25) is 6.32 Å². The number of aliphatic hydroxyl groups excluding tert-OH is 1. The standard InChI is InChI=1S/C23H42BN3O6/c1-8-22(6,19(32)27-12-17(30)9-24)14-23(7,20(33)26-11-16(3)29)13-21(4,5)18(31)25-10-15(2)28/h15,28H,8-14,24H2,1-7H3,(H,25,31)(H,26,33)(H,27,32)/i3D. The molecule has 0 aliphatic rings. The van der Waals surface area contributed by atoms with Crippen LogP contribution in [-0.4, -0.2) is 68.0 Å². The highest BCUT2D eigenvalue weighted by atomic mass is 16.3. The molecule has 10 heteroatoms. The molecule has 0 aliphatic heterocycles. The first kappa shape index (κ1) is 28.8. The van der Waals surface area contributed by atoms with E-state index in [0.29, 0.717) is 12.7 Å². The van der Waals surface area contributed by atoms with Crippen molar-refractivity contribution in [2.45, 2.75) is 80.1 Å². The Morgan fingerprint density at radius 3 is 1.94 bits per heavy atom. The van der Waals surface area contributed by atoms with Crippen LogP contribution in [0.1, 0.15) is 69.1 Å². The van der Waals surface area contributed by atoms with Gasteiger partial charge in [0.25, 0.3) is 0 Å². The second-order valence-electron chi connectivity index (χ2n) is 10.1. The number of Topliss-reactive ketones (excluding diaryl/α,β-unsaturated/α-hetero) is 2. The SMILES string of the molecule is [2H]CC(=O)CNC(=O)C(C)(CC(C)(C)C(=O)NCC(C)O)CC(C)(CC)C(=O)NCC(=O)CB. The summed E-state index contributed by atoms with van der Waals surface area (Å²) in [4.78, 5) is 62.4. The quantitative estimate of drug-likeness (QED) is 0.252. The third-order valence-corrected chi connectivity index (χ3v) is 5.95. The van der Waals surface area contributed by atoms with Crippen LogP contribution in [-0.2, 0) is 24.0 Å². The van der Waals surface area contributed by atoms with Crippen molar-refractivity contribution >= 4 is 37.1 Å². The fourth-order valence-electron chi connectivity index (χ4n) is 3.89. The van der Waals surface area contributed by atoms with Gasteiger partial charge in [-0.2, -0.15) is 0 Å². The third-order valence-electron chi connectivity index (χ3n) is 5.95. The zero-order chi connectivity index (χ0) is 26.7. The van der Waals surface area contributed by atoms with Gasteiger partial charge < -0.3 is 21.1 Å². The number of ketones is 2. The molecule has 0 fully saturated rings. The predicted molar refractivity (Wildman–Crippen MR) is 129 cm³/mol. The van der Waals surface area contributed by atoms with Gasteiger partial charge in [0.15, 0.2) is 0 Å². The van der Waals surface area contributed by atoms with Crippen molar-refractivity contribution in [2.24, 2.45) is 16.2 Å². The zero-order valence-electron chi connectivity index (χ0n) is 22.2. The fourth-order valence-corrected chi connectivity index (χ4v) is 3.89. The summed E-state index contributed by atoms with van der Waals surface area (Å²) in [5.74, 6) is -1.79. The summed E-state index contributed by atoms with van der Waals surface area (Å²) in [5, 5.41) is 17.4. The van der Waals surface area contributed by atoms with Crippen LogP contribution < -0.4 is 16.0 Å². The molecule has 33 heavy (non-hydrogen) atoms. The highest BCUT2D eigenvalue weighted by molar-refractivity contribution is 6.20. The summed E-state index contributed by atoms with van der Waals surface area (Å²) in [6, 6.07) is 0. The van der Waals surface area contributed by atoms with E-state index >= 15 is 0 Å². The van der Waals surface area contributed by atoms with Crippen LogP contribution in [0.5, 0.6) is 0 Å². The molecule has 9 nitrogen and oxygen atoms in total. The first-order valence-corrected chi connectivity index (χ1v) is 11.4. The molecular formula is C23H42BN3O6. The van der Waals surface area contributed by atoms with Gasteiger partial charge in [-0.3, -0.25) is 24.0 Å². The second-order valence-corrected chi connectivity index (χ2v) is 10.1. The number of nitrogens with one attached hydrogen (secondary N) is 3. The first-order chi connectivity index (χ1) is 15.6. The Morgan fingerprint density at radius 2 is 1.45 bits per heavy atom. The third kappa shape index (κ3) is 10.1. The topological polar surface area (TPSA) is 142 Å². The van der Waals surface area contributed by atoms with Crippen LogP contribution in [0, 0.1) is 16.2 Å². The number of hydrogen-bond acceptors (Lipinski definition) is 6. The van der Waals surface area contributed by atoms with Crippen molar-refractivity contribution in [3.8, 4) is 0 Å². The number of aliphatic hydroxyl groups is 1. The van der Waals surface area contributed by atoms with Crippen LogP contribution in [0.4, 0.5) is 0 Å². The van der Waals surface area contributed by atoms with Gasteiger partial charge in [0.2, 0.25) is 17.7 Å².